The molecular formula is C12H18O. The van der Waals surface area contributed by atoms with E-state index in [0.717, 1.165) is 6.61 Å². The minimum Gasteiger partial charge on any atom is -0.380 e. The lowest BCUT2D eigenvalue weighted by Gasteiger charge is -2.07. The van der Waals surface area contributed by atoms with Gasteiger partial charge in [0.25, 0.3) is 0 Å². The molecule has 13 heavy (non-hydrogen) atoms. The van der Waals surface area contributed by atoms with Crippen LogP contribution in [-0.4, -0.2) is 7.11 Å². The average Bonchev–Trinajstić information content (AvgIpc) is 2.17. The molecule has 0 amide bonds. The Kier molecular flexibility index (Phi) is 4.55. The topological polar surface area (TPSA) is 9.23 Å². The molecule has 0 atom stereocenters. The minimum absolute atomic E-state index is 0.736. The molecule has 0 aliphatic heterocycles. The number of rotatable bonds is 5. The fourth-order valence-electron chi connectivity index (χ4n) is 1.46. The first-order chi connectivity index (χ1) is 6.38. The van der Waals surface area contributed by atoms with E-state index in [2.05, 4.69) is 31.2 Å². The summed E-state index contributed by atoms with van der Waals surface area (Å²) >= 11 is 0. The third-order valence-electron chi connectivity index (χ3n) is 2.22. The van der Waals surface area contributed by atoms with Gasteiger partial charge in [0.2, 0.25) is 0 Å². The van der Waals surface area contributed by atoms with E-state index in [1.54, 1.807) is 7.11 Å². The van der Waals surface area contributed by atoms with E-state index in [0.29, 0.717) is 0 Å². The Hall–Kier alpha value is -0.820. The molecule has 0 heterocycles. The van der Waals surface area contributed by atoms with Crippen molar-refractivity contribution >= 4 is 0 Å². The standard InChI is InChI=1S/C12H18O/c1-3-4-7-11-8-5-6-9-12(11)10-13-2/h5-6,8-9H,3-4,7,10H2,1-2H3. The predicted molar refractivity (Wildman–Crippen MR) is 55.8 cm³/mol. The van der Waals surface area contributed by atoms with Gasteiger partial charge in [-0.1, -0.05) is 37.6 Å². The van der Waals surface area contributed by atoms with Crippen molar-refractivity contribution in [2.24, 2.45) is 0 Å². The van der Waals surface area contributed by atoms with Crippen molar-refractivity contribution < 1.29 is 4.74 Å². The van der Waals surface area contributed by atoms with Crippen LogP contribution in [0.5, 0.6) is 0 Å². The lowest BCUT2D eigenvalue weighted by molar-refractivity contribution is 0.184. The van der Waals surface area contributed by atoms with Crippen molar-refractivity contribution in [2.75, 3.05) is 7.11 Å². The second kappa shape index (κ2) is 5.76. The van der Waals surface area contributed by atoms with Crippen LogP contribution in [0.15, 0.2) is 24.3 Å². The van der Waals surface area contributed by atoms with Crippen LogP contribution in [0.2, 0.25) is 0 Å². The van der Waals surface area contributed by atoms with Crippen LogP contribution in [0.3, 0.4) is 0 Å². The highest BCUT2D eigenvalue weighted by Crippen LogP contribution is 2.12. The van der Waals surface area contributed by atoms with E-state index >= 15 is 0 Å². The van der Waals surface area contributed by atoms with Gasteiger partial charge in [0.1, 0.15) is 0 Å². The van der Waals surface area contributed by atoms with Gasteiger partial charge in [-0.25, -0.2) is 0 Å². The van der Waals surface area contributed by atoms with Crippen LogP contribution in [0.4, 0.5) is 0 Å². The summed E-state index contributed by atoms with van der Waals surface area (Å²) in [5.74, 6) is 0. The number of hydrogen-bond acceptors (Lipinski definition) is 1. The van der Waals surface area contributed by atoms with Crippen molar-refractivity contribution in [2.45, 2.75) is 32.8 Å². The molecule has 0 saturated carbocycles. The third kappa shape index (κ3) is 3.19. The maximum absolute atomic E-state index is 5.15. The van der Waals surface area contributed by atoms with Crippen LogP contribution in [0, 0.1) is 0 Å². The summed E-state index contributed by atoms with van der Waals surface area (Å²) in [6.45, 7) is 2.96. The lowest BCUT2D eigenvalue weighted by Crippen LogP contribution is -1.95. The number of methoxy groups -OCH3 is 1. The van der Waals surface area contributed by atoms with Crippen LogP contribution >= 0.6 is 0 Å². The summed E-state index contributed by atoms with van der Waals surface area (Å²) < 4.78 is 5.15. The van der Waals surface area contributed by atoms with Gasteiger partial charge >= 0.3 is 0 Å². The molecule has 1 aromatic rings. The van der Waals surface area contributed by atoms with E-state index in [9.17, 15) is 0 Å². The molecule has 1 heteroatoms. The number of hydrogen-bond donors (Lipinski definition) is 0. The summed E-state index contributed by atoms with van der Waals surface area (Å²) in [4.78, 5) is 0. The molecule has 0 radical (unpaired) electrons. The number of benzene rings is 1. The zero-order valence-electron chi connectivity index (χ0n) is 8.55. The summed E-state index contributed by atoms with van der Waals surface area (Å²) in [6, 6.07) is 8.52. The smallest absolute Gasteiger partial charge is 0.0715 e. The fraction of sp³-hybridized carbons (Fsp3) is 0.500. The first kappa shape index (κ1) is 10.3. The highest BCUT2D eigenvalue weighted by molar-refractivity contribution is 5.26. The Labute approximate surface area is 80.7 Å². The molecule has 0 spiro atoms. The van der Waals surface area contributed by atoms with Crippen molar-refractivity contribution in [1.82, 2.24) is 0 Å². The second-order valence-corrected chi connectivity index (χ2v) is 3.31. The van der Waals surface area contributed by atoms with Crippen LogP contribution in [0.1, 0.15) is 30.9 Å². The predicted octanol–water partition coefficient (Wildman–Crippen LogP) is 3.18. The van der Waals surface area contributed by atoms with Gasteiger partial charge in [-0.15, -0.1) is 0 Å². The monoisotopic (exact) mass is 178 g/mol. The van der Waals surface area contributed by atoms with Crippen molar-refractivity contribution in [1.29, 1.82) is 0 Å². The molecule has 0 aromatic heterocycles. The summed E-state index contributed by atoms with van der Waals surface area (Å²) in [7, 11) is 1.75. The maximum Gasteiger partial charge on any atom is 0.0715 e. The van der Waals surface area contributed by atoms with Crippen LogP contribution < -0.4 is 0 Å². The molecule has 0 bridgehead atoms. The van der Waals surface area contributed by atoms with Gasteiger partial charge in [0.15, 0.2) is 0 Å². The summed E-state index contributed by atoms with van der Waals surface area (Å²) in [5.41, 5.74) is 2.77. The molecule has 0 saturated heterocycles. The lowest BCUT2D eigenvalue weighted by atomic mass is 10.0. The van der Waals surface area contributed by atoms with Gasteiger partial charge in [0, 0.05) is 7.11 Å². The first-order valence-electron chi connectivity index (χ1n) is 4.94. The van der Waals surface area contributed by atoms with Crippen molar-refractivity contribution in [3.05, 3.63) is 35.4 Å². The molecule has 0 aliphatic rings. The zero-order chi connectivity index (χ0) is 9.52. The molecule has 0 fully saturated rings. The quantitative estimate of drug-likeness (QED) is 0.673. The highest BCUT2D eigenvalue weighted by Gasteiger charge is 1.99. The van der Waals surface area contributed by atoms with Gasteiger partial charge in [-0.05, 0) is 24.0 Å². The Morgan fingerprint density at radius 3 is 2.46 bits per heavy atom. The Morgan fingerprint density at radius 2 is 1.85 bits per heavy atom. The van der Waals surface area contributed by atoms with Crippen LogP contribution in [-0.2, 0) is 17.8 Å². The second-order valence-electron chi connectivity index (χ2n) is 3.31. The minimum atomic E-state index is 0.736. The first-order valence-corrected chi connectivity index (χ1v) is 4.94. The summed E-state index contributed by atoms with van der Waals surface area (Å²) in [6.07, 6.45) is 3.69. The van der Waals surface area contributed by atoms with E-state index < -0.39 is 0 Å². The van der Waals surface area contributed by atoms with Gasteiger partial charge in [-0.2, -0.15) is 0 Å². The number of ether oxygens (including phenoxy) is 1. The van der Waals surface area contributed by atoms with Crippen molar-refractivity contribution in [3.8, 4) is 0 Å². The van der Waals surface area contributed by atoms with Gasteiger partial charge < -0.3 is 4.74 Å². The van der Waals surface area contributed by atoms with Crippen LogP contribution in [0.25, 0.3) is 0 Å². The highest BCUT2D eigenvalue weighted by atomic mass is 16.5. The number of unbranched alkanes of at least 4 members (excludes halogenated alkanes) is 1. The Balaban J connectivity index is 2.66. The normalized spacial score (nSPS) is 10.3. The Bertz CT molecular complexity index is 243. The molecule has 72 valence electrons. The molecule has 1 aromatic carbocycles. The largest absolute Gasteiger partial charge is 0.380 e. The van der Waals surface area contributed by atoms with E-state index in [-0.39, 0.29) is 0 Å². The Morgan fingerprint density at radius 1 is 1.15 bits per heavy atom. The molecule has 0 aliphatic carbocycles. The molecule has 0 N–H and O–H groups in total. The van der Waals surface area contributed by atoms with Gasteiger partial charge in [-0.3, -0.25) is 0 Å². The fourth-order valence-corrected chi connectivity index (χ4v) is 1.46. The van der Waals surface area contributed by atoms with Crippen molar-refractivity contribution in [3.63, 3.8) is 0 Å². The molecule has 1 rings (SSSR count). The maximum atomic E-state index is 5.15. The third-order valence-corrected chi connectivity index (χ3v) is 2.22. The van der Waals surface area contributed by atoms with E-state index in [1.807, 2.05) is 0 Å². The van der Waals surface area contributed by atoms with Gasteiger partial charge in [0.05, 0.1) is 6.61 Å². The average molecular weight is 178 g/mol. The molecule has 1 nitrogen and oxygen atoms in total. The summed E-state index contributed by atoms with van der Waals surface area (Å²) in [5, 5.41) is 0. The van der Waals surface area contributed by atoms with E-state index in [4.69, 9.17) is 4.74 Å². The van der Waals surface area contributed by atoms with E-state index in [1.165, 1.54) is 30.4 Å². The number of aryl methyl sites for hydroxylation is 1. The SMILES string of the molecule is CCCCc1ccccc1COC. The molecule has 0 unspecified atom stereocenters. The molecular weight excluding hydrogens is 160 g/mol. The zero-order valence-corrected chi connectivity index (χ0v) is 8.55.